The number of nitrogens with one attached hydrogen (secondary N) is 1. The largest absolute Gasteiger partial charge is 0.504 e. The molecular weight excluding hydrogens is 393 g/mol. The number of carbonyl (C=O) groups is 1. The van der Waals surface area contributed by atoms with Gasteiger partial charge in [-0.3, -0.25) is 4.72 Å². The maximum absolute atomic E-state index is 12.6. The van der Waals surface area contributed by atoms with Crippen LogP contribution in [0.25, 0.3) is 0 Å². The molecule has 2 rings (SSSR count). The summed E-state index contributed by atoms with van der Waals surface area (Å²) in [6, 6.07) is 6.29. The minimum Gasteiger partial charge on any atom is -0.504 e. The van der Waals surface area contributed by atoms with Crippen LogP contribution in [0.15, 0.2) is 35.2 Å². The lowest BCUT2D eigenvalue weighted by Gasteiger charge is -2.14. The highest BCUT2D eigenvalue weighted by Gasteiger charge is 2.23. The number of aromatic hydroxyl groups is 1. The lowest BCUT2D eigenvalue weighted by atomic mass is 10.2. The Balaban J connectivity index is 2.53. The SMILES string of the molecule is COC(=O)c1cc(Cl)c(O)c(NS(=O)(=O)c2cc(Cl)ccc2OC)c1. The third-order valence-corrected chi connectivity index (χ3v) is 5.05. The van der Waals surface area contributed by atoms with E-state index >= 15 is 0 Å². The second-order valence-corrected chi connectivity index (χ2v) is 7.24. The molecule has 10 heteroatoms. The minimum atomic E-state index is -4.20. The van der Waals surface area contributed by atoms with Crippen LogP contribution in [0.4, 0.5) is 5.69 Å². The minimum absolute atomic E-state index is 0.0407. The van der Waals surface area contributed by atoms with Crippen LogP contribution in [0.3, 0.4) is 0 Å². The Morgan fingerprint density at radius 2 is 1.84 bits per heavy atom. The highest BCUT2D eigenvalue weighted by Crippen LogP contribution is 2.36. The van der Waals surface area contributed by atoms with Crippen LogP contribution in [-0.2, 0) is 14.8 Å². The summed E-state index contributed by atoms with van der Waals surface area (Å²) in [4.78, 5) is 11.4. The van der Waals surface area contributed by atoms with Gasteiger partial charge < -0.3 is 14.6 Å². The number of ether oxygens (including phenoxy) is 2. The van der Waals surface area contributed by atoms with Crippen LogP contribution >= 0.6 is 23.2 Å². The normalized spacial score (nSPS) is 11.0. The van der Waals surface area contributed by atoms with Crippen molar-refractivity contribution >= 4 is 44.9 Å². The molecule has 0 fully saturated rings. The number of phenolic OH excluding ortho intramolecular Hbond substituents is 1. The van der Waals surface area contributed by atoms with E-state index in [1.54, 1.807) is 0 Å². The Kier molecular flexibility index (Phi) is 5.66. The lowest BCUT2D eigenvalue weighted by molar-refractivity contribution is 0.0600. The summed E-state index contributed by atoms with van der Waals surface area (Å²) in [6.07, 6.45) is 0. The van der Waals surface area contributed by atoms with E-state index in [0.717, 1.165) is 19.2 Å². The molecule has 0 radical (unpaired) electrons. The number of hydrogen-bond donors (Lipinski definition) is 2. The van der Waals surface area contributed by atoms with Gasteiger partial charge in [0.2, 0.25) is 0 Å². The molecule has 0 bridgehead atoms. The van der Waals surface area contributed by atoms with Gasteiger partial charge in [-0.1, -0.05) is 23.2 Å². The molecule has 0 saturated heterocycles. The van der Waals surface area contributed by atoms with Gasteiger partial charge in [-0.15, -0.1) is 0 Å². The van der Waals surface area contributed by atoms with Crippen LogP contribution in [-0.4, -0.2) is 33.7 Å². The monoisotopic (exact) mass is 405 g/mol. The van der Waals surface area contributed by atoms with Gasteiger partial charge in [0.05, 0.1) is 30.5 Å². The van der Waals surface area contributed by atoms with Crippen LogP contribution < -0.4 is 9.46 Å². The number of carbonyl (C=O) groups excluding carboxylic acids is 1. The number of halogens is 2. The summed E-state index contributed by atoms with van der Waals surface area (Å²) in [5.41, 5.74) is -0.337. The van der Waals surface area contributed by atoms with E-state index in [4.69, 9.17) is 27.9 Å². The molecule has 0 saturated carbocycles. The fraction of sp³-hybridized carbons (Fsp3) is 0.133. The summed E-state index contributed by atoms with van der Waals surface area (Å²) in [5, 5.41) is 9.95. The molecule has 2 aromatic carbocycles. The van der Waals surface area contributed by atoms with Crippen molar-refractivity contribution in [1.82, 2.24) is 0 Å². The van der Waals surface area contributed by atoms with Crippen molar-refractivity contribution in [2.24, 2.45) is 0 Å². The Morgan fingerprint density at radius 1 is 1.16 bits per heavy atom. The molecule has 0 heterocycles. The van der Waals surface area contributed by atoms with Crippen molar-refractivity contribution in [1.29, 1.82) is 0 Å². The first kappa shape index (κ1) is 19.2. The Bertz CT molecular complexity index is 930. The maximum atomic E-state index is 12.6. The molecule has 0 amide bonds. The lowest BCUT2D eigenvalue weighted by Crippen LogP contribution is -2.15. The first-order valence-corrected chi connectivity index (χ1v) is 8.90. The molecule has 2 N–H and O–H groups in total. The number of rotatable bonds is 5. The predicted octanol–water partition coefficient (Wildman–Crippen LogP) is 3.30. The number of phenols is 1. The van der Waals surface area contributed by atoms with E-state index in [2.05, 4.69) is 9.46 Å². The summed E-state index contributed by atoms with van der Waals surface area (Å²) >= 11 is 11.7. The quantitative estimate of drug-likeness (QED) is 0.584. The van der Waals surface area contributed by atoms with Crippen molar-refractivity contribution in [3.63, 3.8) is 0 Å². The Morgan fingerprint density at radius 3 is 2.44 bits per heavy atom. The molecule has 25 heavy (non-hydrogen) atoms. The van der Waals surface area contributed by atoms with Crippen molar-refractivity contribution < 1.29 is 27.8 Å². The molecule has 0 aliphatic heterocycles. The van der Waals surface area contributed by atoms with Crippen molar-refractivity contribution in [2.75, 3.05) is 18.9 Å². The molecule has 0 unspecified atom stereocenters. The summed E-state index contributed by atoms with van der Waals surface area (Å²) in [5.74, 6) is -1.24. The number of anilines is 1. The van der Waals surface area contributed by atoms with E-state index < -0.39 is 21.7 Å². The van der Waals surface area contributed by atoms with Crippen molar-refractivity contribution in [3.05, 3.63) is 45.9 Å². The van der Waals surface area contributed by atoms with Gasteiger partial charge in [-0.25, -0.2) is 13.2 Å². The van der Waals surface area contributed by atoms with Crippen LogP contribution in [0.1, 0.15) is 10.4 Å². The standard InChI is InChI=1S/C15H13Cl2NO6S/c1-23-12-4-3-9(16)7-13(12)25(21,22)18-11-6-8(15(20)24-2)5-10(17)14(11)19/h3-7,18-19H,1-2H3. The second kappa shape index (κ2) is 7.38. The van der Waals surface area contributed by atoms with E-state index in [1.165, 1.54) is 25.3 Å². The van der Waals surface area contributed by atoms with E-state index in [0.29, 0.717) is 0 Å². The molecule has 0 aromatic heterocycles. The zero-order chi connectivity index (χ0) is 18.8. The van der Waals surface area contributed by atoms with Crippen LogP contribution in [0, 0.1) is 0 Å². The third kappa shape index (κ3) is 4.09. The number of methoxy groups -OCH3 is 2. The second-order valence-electron chi connectivity index (χ2n) is 4.75. The molecule has 0 spiro atoms. The molecular formula is C15H13Cl2NO6S. The first-order chi connectivity index (χ1) is 11.7. The predicted molar refractivity (Wildman–Crippen MR) is 93.3 cm³/mol. The molecule has 0 atom stereocenters. The van der Waals surface area contributed by atoms with E-state index in [-0.39, 0.29) is 31.9 Å². The summed E-state index contributed by atoms with van der Waals surface area (Å²) in [6.45, 7) is 0. The number of sulfonamides is 1. The van der Waals surface area contributed by atoms with E-state index in [9.17, 15) is 18.3 Å². The maximum Gasteiger partial charge on any atom is 0.337 e. The zero-order valence-corrected chi connectivity index (χ0v) is 15.4. The van der Waals surface area contributed by atoms with Crippen molar-refractivity contribution in [2.45, 2.75) is 4.90 Å². The highest BCUT2D eigenvalue weighted by atomic mass is 35.5. The summed E-state index contributed by atoms with van der Waals surface area (Å²) < 4.78 is 37.0. The highest BCUT2D eigenvalue weighted by molar-refractivity contribution is 7.92. The van der Waals surface area contributed by atoms with Crippen LogP contribution in [0.2, 0.25) is 10.0 Å². The van der Waals surface area contributed by atoms with Gasteiger partial charge in [0.15, 0.2) is 5.75 Å². The Labute approximate surface area is 154 Å². The number of benzene rings is 2. The van der Waals surface area contributed by atoms with Crippen LogP contribution in [0.5, 0.6) is 11.5 Å². The topological polar surface area (TPSA) is 102 Å². The zero-order valence-electron chi connectivity index (χ0n) is 13.0. The average Bonchev–Trinajstić information content (AvgIpc) is 2.57. The molecule has 2 aromatic rings. The molecule has 134 valence electrons. The average molecular weight is 406 g/mol. The fourth-order valence-electron chi connectivity index (χ4n) is 1.97. The van der Waals surface area contributed by atoms with Gasteiger partial charge >= 0.3 is 5.97 Å². The molecule has 0 aliphatic carbocycles. The van der Waals surface area contributed by atoms with Gasteiger partial charge in [0.1, 0.15) is 10.6 Å². The number of esters is 1. The van der Waals surface area contributed by atoms with E-state index in [1.807, 2.05) is 0 Å². The third-order valence-electron chi connectivity index (χ3n) is 3.14. The summed E-state index contributed by atoms with van der Waals surface area (Å²) in [7, 11) is -1.74. The smallest absolute Gasteiger partial charge is 0.337 e. The fourth-order valence-corrected chi connectivity index (χ4v) is 3.68. The molecule has 0 aliphatic rings. The van der Waals surface area contributed by atoms with Gasteiger partial charge in [0.25, 0.3) is 10.0 Å². The van der Waals surface area contributed by atoms with Gasteiger partial charge in [-0.2, -0.15) is 0 Å². The molecule has 7 nitrogen and oxygen atoms in total. The number of hydrogen-bond acceptors (Lipinski definition) is 6. The van der Waals surface area contributed by atoms with Gasteiger partial charge in [-0.05, 0) is 30.3 Å². The Hall–Kier alpha value is -2.16. The van der Waals surface area contributed by atoms with Crippen molar-refractivity contribution in [3.8, 4) is 11.5 Å². The van der Waals surface area contributed by atoms with Gasteiger partial charge in [0, 0.05) is 5.02 Å². The first-order valence-electron chi connectivity index (χ1n) is 6.66.